The third-order valence-corrected chi connectivity index (χ3v) is 5.00. The van der Waals surface area contributed by atoms with Crippen molar-refractivity contribution in [3.05, 3.63) is 46.2 Å². The van der Waals surface area contributed by atoms with E-state index in [2.05, 4.69) is 23.6 Å². The zero-order chi connectivity index (χ0) is 14.7. The number of hydrazine groups is 1. The quantitative estimate of drug-likeness (QED) is 0.658. The smallest absolute Gasteiger partial charge is 0.129 e. The molecule has 2 heterocycles. The Morgan fingerprint density at radius 3 is 3.10 bits per heavy atom. The predicted molar refractivity (Wildman–Crippen MR) is 84.8 cm³/mol. The van der Waals surface area contributed by atoms with E-state index in [0.29, 0.717) is 5.92 Å². The van der Waals surface area contributed by atoms with Crippen LogP contribution in [0.3, 0.4) is 0 Å². The molecule has 4 nitrogen and oxygen atoms in total. The molecule has 0 radical (unpaired) electrons. The van der Waals surface area contributed by atoms with Crippen LogP contribution in [0, 0.1) is 0 Å². The van der Waals surface area contributed by atoms with Gasteiger partial charge in [0.1, 0.15) is 11.5 Å². The first-order valence-electron chi connectivity index (χ1n) is 7.12. The average molecular weight is 304 g/mol. The summed E-state index contributed by atoms with van der Waals surface area (Å²) in [5.41, 5.74) is 4.23. The summed E-state index contributed by atoms with van der Waals surface area (Å²) >= 11 is 1.68. The fourth-order valence-electron chi connectivity index (χ4n) is 2.84. The highest BCUT2D eigenvalue weighted by atomic mass is 32.1. The van der Waals surface area contributed by atoms with Gasteiger partial charge in [-0.3, -0.25) is 11.3 Å². The Morgan fingerprint density at radius 2 is 2.33 bits per heavy atom. The van der Waals surface area contributed by atoms with Crippen LogP contribution in [0.1, 0.15) is 35.2 Å². The fourth-order valence-corrected chi connectivity index (χ4v) is 3.76. The molecule has 0 aliphatic carbocycles. The average Bonchev–Trinajstić information content (AvgIpc) is 3.01. The highest BCUT2D eigenvalue weighted by Gasteiger charge is 2.25. The van der Waals surface area contributed by atoms with E-state index in [4.69, 9.17) is 15.3 Å². The lowest BCUT2D eigenvalue weighted by Gasteiger charge is -2.28. The van der Waals surface area contributed by atoms with Crippen LogP contribution in [0.25, 0.3) is 0 Å². The van der Waals surface area contributed by atoms with Gasteiger partial charge >= 0.3 is 0 Å². The van der Waals surface area contributed by atoms with E-state index in [9.17, 15) is 0 Å². The molecule has 0 saturated carbocycles. The van der Waals surface area contributed by atoms with E-state index < -0.39 is 0 Å². The fraction of sp³-hybridized carbons (Fsp3) is 0.375. The highest BCUT2D eigenvalue weighted by Crippen LogP contribution is 2.40. The molecule has 0 amide bonds. The van der Waals surface area contributed by atoms with Crippen molar-refractivity contribution in [1.29, 1.82) is 0 Å². The van der Waals surface area contributed by atoms with E-state index in [1.54, 1.807) is 18.4 Å². The first-order valence-corrected chi connectivity index (χ1v) is 8.00. The molecule has 0 bridgehead atoms. The third-order valence-electron chi connectivity index (χ3n) is 3.98. The molecule has 1 aliphatic heterocycles. The first kappa shape index (κ1) is 14.4. The van der Waals surface area contributed by atoms with E-state index in [1.807, 2.05) is 17.5 Å². The minimum Gasteiger partial charge on any atom is -0.496 e. The van der Waals surface area contributed by atoms with Crippen molar-refractivity contribution < 1.29 is 9.47 Å². The topological polar surface area (TPSA) is 56.5 Å². The van der Waals surface area contributed by atoms with Gasteiger partial charge in [0, 0.05) is 10.3 Å². The molecule has 5 heteroatoms. The van der Waals surface area contributed by atoms with Crippen LogP contribution in [0.2, 0.25) is 0 Å². The molecule has 0 spiro atoms. The Labute approximate surface area is 128 Å². The molecule has 2 atom stereocenters. The summed E-state index contributed by atoms with van der Waals surface area (Å²) < 4.78 is 11.0. The van der Waals surface area contributed by atoms with Crippen LogP contribution in [0.15, 0.2) is 35.7 Å². The van der Waals surface area contributed by atoms with Gasteiger partial charge in [-0.1, -0.05) is 18.2 Å². The van der Waals surface area contributed by atoms with E-state index >= 15 is 0 Å². The van der Waals surface area contributed by atoms with Crippen molar-refractivity contribution in [2.24, 2.45) is 5.84 Å². The van der Waals surface area contributed by atoms with Crippen molar-refractivity contribution in [1.82, 2.24) is 5.43 Å². The summed E-state index contributed by atoms with van der Waals surface area (Å²) in [6, 6.07) is 10.5. The molecule has 1 aliphatic rings. The summed E-state index contributed by atoms with van der Waals surface area (Å²) in [5.74, 6) is 8.14. The molecule has 21 heavy (non-hydrogen) atoms. The number of rotatable bonds is 5. The molecular weight excluding hydrogens is 284 g/mol. The van der Waals surface area contributed by atoms with Gasteiger partial charge in [0.25, 0.3) is 0 Å². The second kappa shape index (κ2) is 6.47. The number of hydrogen-bond donors (Lipinski definition) is 2. The Kier molecular flexibility index (Phi) is 4.43. The first-order chi connectivity index (χ1) is 10.3. The Hall–Kier alpha value is -1.56. The summed E-state index contributed by atoms with van der Waals surface area (Å²) in [4.78, 5) is 1.21. The normalized spacial score (nSPS) is 18.7. The highest BCUT2D eigenvalue weighted by molar-refractivity contribution is 7.10. The van der Waals surface area contributed by atoms with Crippen molar-refractivity contribution in [3.8, 4) is 11.5 Å². The molecule has 112 valence electrons. The van der Waals surface area contributed by atoms with Gasteiger partial charge in [-0.25, -0.2) is 0 Å². The number of thiophene rings is 1. The summed E-state index contributed by atoms with van der Waals surface area (Å²) in [5, 5.41) is 2.01. The van der Waals surface area contributed by atoms with Gasteiger partial charge < -0.3 is 9.47 Å². The Bertz CT molecular complexity index is 599. The predicted octanol–water partition coefficient (Wildman–Crippen LogP) is 3.22. The summed E-state index contributed by atoms with van der Waals surface area (Å²) in [6.45, 7) is 0.771. The van der Waals surface area contributed by atoms with Crippen LogP contribution in [0.4, 0.5) is 0 Å². The Balaban J connectivity index is 1.78. The summed E-state index contributed by atoms with van der Waals surface area (Å²) in [6.07, 6.45) is 1.98. The lowest BCUT2D eigenvalue weighted by atomic mass is 9.87. The monoisotopic (exact) mass is 304 g/mol. The molecular formula is C16H20N2O2S. The second-order valence-electron chi connectivity index (χ2n) is 5.22. The Morgan fingerprint density at radius 1 is 1.48 bits per heavy atom. The van der Waals surface area contributed by atoms with Crippen LogP contribution in [0.5, 0.6) is 11.5 Å². The maximum absolute atomic E-state index is 5.78. The number of nitrogens with two attached hydrogens (primary N) is 1. The lowest BCUT2D eigenvalue weighted by Crippen LogP contribution is -2.29. The SMILES string of the molecule is COc1csc(C(CC2CCOc3ccccc32)NN)c1. The standard InChI is InChI=1S/C16H20N2O2S/c1-19-12-9-16(21-10-12)14(18-17)8-11-6-7-20-15-5-3-2-4-13(11)15/h2-5,9-11,14,18H,6-8,17H2,1H3. The number of benzene rings is 1. The van der Waals surface area contributed by atoms with Gasteiger partial charge in [-0.2, -0.15) is 0 Å². The zero-order valence-corrected chi connectivity index (χ0v) is 12.9. The van der Waals surface area contributed by atoms with Crippen molar-refractivity contribution in [2.75, 3.05) is 13.7 Å². The van der Waals surface area contributed by atoms with Gasteiger partial charge in [-0.15, -0.1) is 11.3 Å². The maximum Gasteiger partial charge on any atom is 0.129 e. The minimum atomic E-state index is 0.134. The maximum atomic E-state index is 5.78. The van der Waals surface area contributed by atoms with Crippen molar-refractivity contribution in [3.63, 3.8) is 0 Å². The molecule has 2 aromatic rings. The second-order valence-corrected chi connectivity index (χ2v) is 6.16. The number of hydrogen-bond acceptors (Lipinski definition) is 5. The molecule has 0 fully saturated rings. The number of nitrogens with one attached hydrogen (secondary N) is 1. The largest absolute Gasteiger partial charge is 0.496 e. The van der Waals surface area contributed by atoms with Crippen molar-refractivity contribution in [2.45, 2.75) is 24.8 Å². The molecule has 1 aromatic heterocycles. The van der Waals surface area contributed by atoms with Crippen LogP contribution < -0.4 is 20.7 Å². The molecule has 0 saturated heterocycles. The number of fused-ring (bicyclic) bond motifs is 1. The van der Waals surface area contributed by atoms with E-state index in [0.717, 1.165) is 30.9 Å². The van der Waals surface area contributed by atoms with Crippen LogP contribution in [-0.4, -0.2) is 13.7 Å². The van der Waals surface area contributed by atoms with Crippen LogP contribution in [-0.2, 0) is 0 Å². The number of methoxy groups -OCH3 is 1. The minimum absolute atomic E-state index is 0.134. The molecule has 3 N–H and O–H groups in total. The van der Waals surface area contributed by atoms with Gasteiger partial charge in [0.05, 0.1) is 19.8 Å². The number of para-hydroxylation sites is 1. The number of ether oxygens (including phenoxy) is 2. The third kappa shape index (κ3) is 3.05. The van der Waals surface area contributed by atoms with Gasteiger partial charge in [-0.05, 0) is 36.5 Å². The molecule has 3 rings (SSSR count). The summed E-state index contributed by atoms with van der Waals surface area (Å²) in [7, 11) is 1.69. The van der Waals surface area contributed by atoms with E-state index in [1.165, 1.54) is 10.4 Å². The molecule has 1 aromatic carbocycles. The van der Waals surface area contributed by atoms with Crippen LogP contribution >= 0.6 is 11.3 Å². The van der Waals surface area contributed by atoms with Gasteiger partial charge in [0.15, 0.2) is 0 Å². The van der Waals surface area contributed by atoms with Gasteiger partial charge in [0.2, 0.25) is 0 Å². The zero-order valence-electron chi connectivity index (χ0n) is 12.0. The lowest BCUT2D eigenvalue weighted by molar-refractivity contribution is 0.255. The molecule has 2 unspecified atom stereocenters. The van der Waals surface area contributed by atoms with E-state index in [-0.39, 0.29) is 6.04 Å². The van der Waals surface area contributed by atoms with Crippen molar-refractivity contribution >= 4 is 11.3 Å².